The maximum absolute atomic E-state index is 14.7. The summed E-state index contributed by atoms with van der Waals surface area (Å²) in [5, 5.41) is 109. The number of carbonyl (C=O) groups excluding carboxylic acids is 6. The Morgan fingerprint density at radius 1 is 0.504 bits per heavy atom. The summed E-state index contributed by atoms with van der Waals surface area (Å²) < 4.78 is 3.15. The number of phenolic OH excluding ortho intramolecular Hbond substituents is 4. The second-order valence-corrected chi connectivity index (χ2v) is 29.9. The zero-order valence-electron chi connectivity index (χ0n) is 64.8. The van der Waals surface area contributed by atoms with E-state index in [2.05, 4.69) is 36.3 Å². The normalized spacial score (nSPS) is 16.3. The van der Waals surface area contributed by atoms with Crippen LogP contribution >= 0.6 is 0 Å². The first-order valence-electron chi connectivity index (χ1n) is 38.4. The average molecular weight is 1730 g/mol. The van der Waals surface area contributed by atoms with Crippen LogP contribution in [-0.2, 0) is 51.2 Å². The fraction of sp³-hybridized carbons (Fsp3) is 0.519. The predicted molar refractivity (Wildman–Crippen MR) is 410 cm³/mol. The summed E-state index contributed by atoms with van der Waals surface area (Å²) in [6.07, 6.45) is 3.02. The van der Waals surface area contributed by atoms with Gasteiger partial charge in [0, 0.05) is 158 Å². The molecule has 34 heteroatoms. The van der Waals surface area contributed by atoms with Crippen molar-refractivity contribution < 1.29 is 126 Å². The number of nitrogens with zero attached hydrogens (tertiary/aromatic N) is 12. The topological polar surface area (TPSA) is 449 Å². The van der Waals surface area contributed by atoms with Crippen LogP contribution in [0.2, 0.25) is 0 Å². The Balaban J connectivity index is 0.0000160. The van der Waals surface area contributed by atoms with Gasteiger partial charge in [-0.2, -0.15) is 0 Å². The van der Waals surface area contributed by atoms with E-state index in [9.17, 15) is 88.8 Å². The molecule has 3 fully saturated rings. The molecule has 33 nitrogen and oxygen atoms in total. The largest absolute Gasteiger partial charge is 0.508 e. The first kappa shape index (κ1) is 88.9. The van der Waals surface area contributed by atoms with E-state index in [1.54, 1.807) is 42.9 Å². The molecule has 4 aromatic carbocycles. The van der Waals surface area contributed by atoms with Gasteiger partial charge < -0.3 is 66.6 Å². The molecule has 0 saturated carbocycles. The molecular formula is C79H105LuN15O18. The minimum atomic E-state index is -1.55. The molecule has 0 aliphatic carbocycles. The number of amides is 5. The van der Waals surface area contributed by atoms with E-state index < -0.39 is 97.5 Å². The van der Waals surface area contributed by atoms with Crippen LogP contribution < -0.4 is 16.0 Å². The molecule has 619 valence electrons. The van der Waals surface area contributed by atoms with E-state index in [4.69, 9.17) is 0 Å². The summed E-state index contributed by atoms with van der Waals surface area (Å²) in [6, 6.07) is 16.7. The molecule has 0 spiro atoms. The molecule has 9 rings (SSSR count). The van der Waals surface area contributed by atoms with Crippen LogP contribution in [0.15, 0.2) is 72.8 Å². The van der Waals surface area contributed by atoms with Crippen LogP contribution in [0, 0.1) is 48.7 Å². The second kappa shape index (κ2) is 41.4. The van der Waals surface area contributed by atoms with Gasteiger partial charge in [0.2, 0.25) is 41.1 Å². The van der Waals surface area contributed by atoms with E-state index in [0.29, 0.717) is 106 Å². The Hall–Kier alpha value is -9.67. The molecule has 5 heterocycles. The zero-order valence-corrected chi connectivity index (χ0v) is 66.5. The molecule has 3 aliphatic heterocycles. The molecule has 113 heavy (non-hydrogen) atoms. The van der Waals surface area contributed by atoms with Gasteiger partial charge in [-0.25, -0.2) is 0 Å². The fourth-order valence-corrected chi connectivity index (χ4v) is 14.8. The van der Waals surface area contributed by atoms with E-state index >= 15 is 0 Å². The number of Topliss-reactive ketones (excluding diaryl/α,β-unsaturated/α-hetero) is 1. The van der Waals surface area contributed by atoms with Gasteiger partial charge in [0.25, 0.3) is 5.91 Å². The SMILES string of the molecule is CCCC(=O)c1nnc(-c2cc(C(C)C)c(O)cc2O)n1-c1ccc(CC2CCN(C(=O)[C@@H](C)NC(=O)[C@H](CC(=O)N3CCC(Cc4ccc(-n5c(C(=O)NCC)nnc5-c5cc(C(C)C)c(O)cc5O)cc4)CC3)NC(=O)CC[C@H](C(=O)O)N3CCN(CC(=O)O)CCN(CC(=O)O)CCN(CC(=O)O)CC3)CC2)cc1.[Lu]. The maximum atomic E-state index is 14.7. The van der Waals surface area contributed by atoms with Crippen molar-refractivity contribution in [3.05, 3.63) is 107 Å². The molecule has 5 amide bonds. The molecule has 1 radical (unpaired) electrons. The molecule has 2 aromatic heterocycles. The molecule has 11 N–H and O–H groups in total. The molecule has 0 bridgehead atoms. The number of aromatic hydroxyl groups is 4. The quantitative estimate of drug-likeness (QED) is 0.0238. The van der Waals surface area contributed by atoms with E-state index in [-0.39, 0.29) is 190 Å². The summed E-state index contributed by atoms with van der Waals surface area (Å²) in [7, 11) is 0. The van der Waals surface area contributed by atoms with E-state index in [1.807, 2.05) is 83.1 Å². The molecule has 3 aliphatic rings. The van der Waals surface area contributed by atoms with Crippen molar-refractivity contribution in [2.75, 3.05) is 105 Å². The van der Waals surface area contributed by atoms with Gasteiger partial charge in [0.1, 0.15) is 41.1 Å². The number of likely N-dealkylation sites (tertiary alicyclic amines) is 2. The van der Waals surface area contributed by atoms with Gasteiger partial charge in [-0.15, -0.1) is 20.4 Å². The molecule has 3 atom stereocenters. The summed E-state index contributed by atoms with van der Waals surface area (Å²) in [5.41, 5.74) is 4.72. The van der Waals surface area contributed by atoms with Crippen molar-refractivity contribution >= 4 is 59.2 Å². The first-order chi connectivity index (χ1) is 53.4. The van der Waals surface area contributed by atoms with Crippen molar-refractivity contribution in [2.45, 2.75) is 149 Å². The predicted octanol–water partition coefficient (Wildman–Crippen LogP) is 5.33. The molecule has 6 aromatic rings. The summed E-state index contributed by atoms with van der Waals surface area (Å²) in [5.74, 6) is -8.21. The number of nitrogens with one attached hydrogen (secondary N) is 3. The van der Waals surface area contributed by atoms with Crippen molar-refractivity contribution in [1.29, 1.82) is 0 Å². The maximum Gasteiger partial charge on any atom is 0.320 e. The number of rotatable bonds is 32. The van der Waals surface area contributed by atoms with E-state index in [1.165, 1.54) is 33.8 Å². The number of benzene rings is 4. The average Bonchev–Trinajstić information content (AvgIpc) is 1.65. The molecule has 0 unspecified atom stereocenters. The van der Waals surface area contributed by atoms with Crippen LogP contribution in [0.1, 0.15) is 162 Å². The van der Waals surface area contributed by atoms with Crippen LogP contribution in [0.3, 0.4) is 0 Å². The van der Waals surface area contributed by atoms with Crippen molar-refractivity contribution in [1.82, 2.24) is 74.9 Å². The number of hydrogen-bond donors (Lipinski definition) is 11. The Morgan fingerprint density at radius 3 is 1.35 bits per heavy atom. The number of carboxylic acids is 4. The third-order valence-electron chi connectivity index (χ3n) is 21.0. The summed E-state index contributed by atoms with van der Waals surface area (Å²) in [4.78, 5) is 143. The Bertz CT molecular complexity index is 4310. The zero-order chi connectivity index (χ0) is 81.2. The van der Waals surface area contributed by atoms with E-state index in [0.717, 1.165) is 11.1 Å². The number of aliphatic carboxylic acids is 4. The number of ketones is 1. The minimum Gasteiger partial charge on any atom is -0.508 e. The Labute approximate surface area is 684 Å². The third kappa shape index (κ3) is 24.0. The van der Waals surface area contributed by atoms with Gasteiger partial charge in [0.05, 0.1) is 37.2 Å². The number of aromatic nitrogens is 6. The van der Waals surface area contributed by atoms with Crippen molar-refractivity contribution in [2.24, 2.45) is 11.8 Å². The van der Waals surface area contributed by atoms with Crippen LogP contribution in [0.5, 0.6) is 23.0 Å². The van der Waals surface area contributed by atoms with Gasteiger partial charge in [-0.05, 0) is 148 Å². The first-order valence-corrected chi connectivity index (χ1v) is 38.4. The van der Waals surface area contributed by atoms with Crippen molar-refractivity contribution in [3.8, 4) is 57.1 Å². The van der Waals surface area contributed by atoms with Gasteiger partial charge >= 0.3 is 23.9 Å². The van der Waals surface area contributed by atoms with Crippen LogP contribution in [0.25, 0.3) is 34.2 Å². The summed E-state index contributed by atoms with van der Waals surface area (Å²) in [6.45, 7) is 13.3. The van der Waals surface area contributed by atoms with Gasteiger partial charge in [-0.1, -0.05) is 58.9 Å². The molecule has 3 saturated heterocycles. The monoisotopic (exact) mass is 1730 g/mol. The number of carboxylic acid groups (broad SMARTS) is 4. The number of hydrogen-bond acceptors (Lipinski definition) is 22. The smallest absolute Gasteiger partial charge is 0.320 e. The second-order valence-electron chi connectivity index (χ2n) is 29.9. The Morgan fingerprint density at radius 2 is 0.929 bits per heavy atom. The van der Waals surface area contributed by atoms with Crippen LogP contribution in [-0.4, -0.2) is 282 Å². The minimum absolute atomic E-state index is 0. The third-order valence-corrected chi connectivity index (χ3v) is 21.0. The van der Waals surface area contributed by atoms with Gasteiger partial charge in [0.15, 0.2) is 11.6 Å². The van der Waals surface area contributed by atoms with Crippen molar-refractivity contribution in [3.63, 3.8) is 0 Å². The van der Waals surface area contributed by atoms with Gasteiger partial charge in [-0.3, -0.25) is 76.7 Å². The number of phenols is 4. The van der Waals surface area contributed by atoms with Crippen LogP contribution in [0.4, 0.5) is 0 Å². The summed E-state index contributed by atoms with van der Waals surface area (Å²) >= 11 is 0. The molecular weight excluding hydrogens is 1620 g/mol. The fourth-order valence-electron chi connectivity index (χ4n) is 14.8. The number of piperidine rings is 2. The number of carbonyl (C=O) groups is 10. The standard InChI is InChI=1S/C79H105N15O18.Lu/c1-8-10-62(95)74-85-83-72(58-39-56(47(3)4)63(96)42-65(58)98)93(74)54-15-11-50(12-16-54)38-53-23-27-92(28-24-53)78(110)49(7)81-76(108)60(82-67(100)20-19-61(79(111)112)90-35-33-88(45-70(104)105)31-29-87(44-69(102)103)30-32-89(34-36-90)46-71(106)107)41-68(101)91-25-21-52(22-26-91)37-51-13-17-55(18-14-51)94-73(84-86-75(94)77(109)80-9-2)59-40-57(48(5)6)64(97)43-66(59)99;/h11-18,39-40,42-43,47-49,52-53,60-61,96-99H,8-10,19-38,41,44-46H2,1-7H3,(H,80,109)(H,81,108)(H,82,100)(H,102,103)(H,104,105)(H,106,107)(H,111,112);/t49-,60+,61-;/m1./s1. The Kier molecular flexibility index (Phi) is 32.6.